The molecule has 2 bridgehead atoms. The van der Waals surface area contributed by atoms with Crippen molar-refractivity contribution in [3.63, 3.8) is 0 Å². The van der Waals surface area contributed by atoms with Crippen LogP contribution in [0.4, 0.5) is 4.79 Å². The molecule has 0 spiro atoms. The van der Waals surface area contributed by atoms with Crippen molar-refractivity contribution in [1.29, 1.82) is 0 Å². The summed E-state index contributed by atoms with van der Waals surface area (Å²) in [6.07, 6.45) is -1.11. The summed E-state index contributed by atoms with van der Waals surface area (Å²) in [6, 6.07) is -1.50. The lowest BCUT2D eigenvalue weighted by atomic mass is 9.98. The predicted octanol–water partition coefficient (Wildman–Crippen LogP) is -0.427. The second-order valence-corrected chi connectivity index (χ2v) is 3.84. The zero-order chi connectivity index (χ0) is 10.5. The minimum atomic E-state index is -1.26. The number of likely N-dealkylation sites (tertiary alicyclic amines) is 1. The molecule has 2 rings (SSSR count). The Morgan fingerprint density at radius 3 is 2.36 bits per heavy atom. The Morgan fingerprint density at radius 2 is 1.86 bits per heavy atom. The number of carboxylic acids is 1. The summed E-state index contributed by atoms with van der Waals surface area (Å²) in [5.74, 6) is -1.35. The summed E-state index contributed by atoms with van der Waals surface area (Å²) >= 11 is 0. The molecule has 0 unspecified atom stereocenters. The van der Waals surface area contributed by atoms with Crippen molar-refractivity contribution in [2.45, 2.75) is 31.0 Å². The van der Waals surface area contributed by atoms with Crippen molar-refractivity contribution < 1.29 is 24.9 Å². The average Bonchev–Trinajstić information content (AvgIpc) is 2.58. The Bertz CT molecular complexity index is 291. The van der Waals surface area contributed by atoms with Crippen LogP contribution in [0.5, 0.6) is 0 Å². The summed E-state index contributed by atoms with van der Waals surface area (Å²) in [4.78, 5) is 22.5. The number of aliphatic hydroxyl groups excluding tert-OH is 1. The summed E-state index contributed by atoms with van der Waals surface area (Å²) in [5, 5.41) is 27.1. The molecule has 0 aromatic heterocycles. The minimum Gasteiger partial charge on any atom is -0.480 e. The van der Waals surface area contributed by atoms with E-state index in [1.165, 1.54) is 0 Å². The highest BCUT2D eigenvalue weighted by molar-refractivity contribution is 5.81. The molecule has 3 N–H and O–H groups in total. The summed E-state index contributed by atoms with van der Waals surface area (Å²) in [5.41, 5.74) is 0. The van der Waals surface area contributed by atoms with Crippen LogP contribution in [0.3, 0.4) is 0 Å². The van der Waals surface area contributed by atoms with E-state index >= 15 is 0 Å². The lowest BCUT2D eigenvalue weighted by molar-refractivity contribution is -0.145. The molecule has 0 aromatic rings. The van der Waals surface area contributed by atoms with Gasteiger partial charge in [0, 0.05) is 0 Å². The van der Waals surface area contributed by atoms with Gasteiger partial charge in [-0.1, -0.05) is 0 Å². The van der Waals surface area contributed by atoms with Gasteiger partial charge in [-0.25, -0.2) is 9.59 Å². The van der Waals surface area contributed by atoms with Crippen LogP contribution in [0.1, 0.15) is 12.8 Å². The van der Waals surface area contributed by atoms with Gasteiger partial charge in [-0.2, -0.15) is 0 Å². The fraction of sp³-hybridized carbons (Fsp3) is 0.750. The van der Waals surface area contributed by atoms with Crippen LogP contribution in [-0.4, -0.2) is 50.5 Å². The van der Waals surface area contributed by atoms with E-state index in [1.54, 1.807) is 0 Å². The average molecular weight is 201 g/mol. The Morgan fingerprint density at radius 1 is 1.21 bits per heavy atom. The van der Waals surface area contributed by atoms with Crippen molar-refractivity contribution in [2.24, 2.45) is 5.92 Å². The Labute approximate surface area is 79.7 Å². The van der Waals surface area contributed by atoms with E-state index in [0.29, 0.717) is 12.8 Å². The molecule has 2 aliphatic rings. The van der Waals surface area contributed by atoms with Gasteiger partial charge >= 0.3 is 12.1 Å². The summed E-state index contributed by atoms with van der Waals surface area (Å²) in [6.45, 7) is 0. The topological polar surface area (TPSA) is 98.1 Å². The number of aliphatic carboxylic acids is 1. The first kappa shape index (κ1) is 9.26. The first-order valence-electron chi connectivity index (χ1n) is 4.44. The van der Waals surface area contributed by atoms with Crippen LogP contribution in [-0.2, 0) is 4.79 Å². The van der Waals surface area contributed by atoms with Gasteiger partial charge in [-0.3, -0.25) is 4.90 Å². The largest absolute Gasteiger partial charge is 0.480 e. The number of piperidine rings is 1. The van der Waals surface area contributed by atoms with E-state index in [2.05, 4.69) is 0 Å². The van der Waals surface area contributed by atoms with Crippen LogP contribution in [0, 0.1) is 5.92 Å². The predicted molar refractivity (Wildman–Crippen MR) is 43.8 cm³/mol. The lowest BCUT2D eigenvalue weighted by Gasteiger charge is -2.32. The van der Waals surface area contributed by atoms with Crippen molar-refractivity contribution in [3.05, 3.63) is 0 Å². The number of aliphatic hydroxyl groups is 1. The molecule has 0 aromatic carbocycles. The van der Waals surface area contributed by atoms with Crippen molar-refractivity contribution in [3.8, 4) is 0 Å². The highest BCUT2D eigenvalue weighted by Crippen LogP contribution is 2.42. The zero-order valence-electron chi connectivity index (χ0n) is 7.33. The van der Waals surface area contributed by atoms with E-state index in [4.69, 9.17) is 10.2 Å². The molecule has 6 nitrogen and oxygen atoms in total. The molecule has 0 radical (unpaired) electrons. The Kier molecular flexibility index (Phi) is 1.88. The van der Waals surface area contributed by atoms with Crippen LogP contribution < -0.4 is 0 Å². The monoisotopic (exact) mass is 201 g/mol. The molecule has 14 heavy (non-hydrogen) atoms. The van der Waals surface area contributed by atoms with Crippen LogP contribution in [0.15, 0.2) is 0 Å². The maximum Gasteiger partial charge on any atom is 0.408 e. The molecule has 2 fully saturated rings. The number of nitrogens with zero attached hydrogens (tertiary/aromatic N) is 1. The van der Waals surface area contributed by atoms with Crippen molar-refractivity contribution >= 4 is 12.1 Å². The molecule has 78 valence electrons. The molecule has 1 amide bonds. The van der Waals surface area contributed by atoms with Crippen LogP contribution in [0.25, 0.3) is 0 Å². The van der Waals surface area contributed by atoms with Crippen LogP contribution >= 0.6 is 0 Å². The molecule has 1 aliphatic heterocycles. The number of hydrogen-bond donors (Lipinski definition) is 3. The van der Waals surface area contributed by atoms with E-state index in [9.17, 15) is 14.7 Å². The van der Waals surface area contributed by atoms with Gasteiger partial charge in [-0.15, -0.1) is 0 Å². The first-order chi connectivity index (χ1) is 6.52. The summed E-state index contributed by atoms with van der Waals surface area (Å²) in [7, 11) is 0. The molecule has 6 heteroatoms. The standard InChI is InChI=1S/C8H11NO5/c10-5-2-3-1-4(5)9(8(13)14)6(3)7(11)12/h3-6,10H,1-2H2,(H,11,12)(H,13,14)/t3-,4+,5+,6-/m0/s1. The van der Waals surface area contributed by atoms with Gasteiger partial charge in [-0.05, 0) is 18.8 Å². The third-order valence-corrected chi connectivity index (χ3v) is 3.11. The highest BCUT2D eigenvalue weighted by Gasteiger charge is 2.55. The highest BCUT2D eigenvalue weighted by atomic mass is 16.4. The molecular formula is C8H11NO5. The molecular weight excluding hydrogens is 190 g/mol. The normalized spacial score (nSPS) is 40.2. The van der Waals surface area contributed by atoms with E-state index in [0.717, 1.165) is 4.90 Å². The minimum absolute atomic E-state index is 0.233. The number of fused-ring (bicyclic) bond motifs is 2. The maximum atomic E-state index is 10.8. The van der Waals surface area contributed by atoms with Gasteiger partial charge in [0.15, 0.2) is 0 Å². The maximum absolute atomic E-state index is 10.8. The molecule has 1 aliphatic carbocycles. The molecule has 1 saturated carbocycles. The van der Waals surface area contributed by atoms with Gasteiger partial charge < -0.3 is 15.3 Å². The van der Waals surface area contributed by atoms with Gasteiger partial charge in [0.25, 0.3) is 0 Å². The smallest absolute Gasteiger partial charge is 0.408 e. The zero-order valence-corrected chi connectivity index (χ0v) is 7.33. The molecule has 1 heterocycles. The van der Waals surface area contributed by atoms with Gasteiger partial charge in [0.1, 0.15) is 6.04 Å². The van der Waals surface area contributed by atoms with E-state index in [1.807, 2.05) is 0 Å². The van der Waals surface area contributed by atoms with E-state index in [-0.39, 0.29) is 5.92 Å². The van der Waals surface area contributed by atoms with Gasteiger partial charge in [0.2, 0.25) is 0 Å². The number of amides is 1. The Balaban J connectivity index is 2.27. The second-order valence-electron chi connectivity index (χ2n) is 3.84. The van der Waals surface area contributed by atoms with Crippen molar-refractivity contribution in [1.82, 2.24) is 4.90 Å². The Hall–Kier alpha value is -1.30. The molecule has 4 atom stereocenters. The quantitative estimate of drug-likeness (QED) is 0.535. The third kappa shape index (κ3) is 1.07. The SMILES string of the molecule is O=C(O)[C@@H]1[C@@H]2C[C@@H](O)[C@@H](C2)N1C(=O)O. The third-order valence-electron chi connectivity index (χ3n) is 3.11. The fourth-order valence-electron chi connectivity index (χ4n) is 2.60. The number of carbonyl (C=O) groups is 2. The lowest BCUT2D eigenvalue weighted by Crippen LogP contribution is -2.53. The second kappa shape index (κ2) is 2.84. The number of rotatable bonds is 1. The number of carboxylic acid groups (broad SMARTS) is 2. The van der Waals surface area contributed by atoms with Gasteiger partial charge in [0.05, 0.1) is 12.1 Å². The van der Waals surface area contributed by atoms with E-state index < -0.39 is 30.3 Å². The fourth-order valence-corrected chi connectivity index (χ4v) is 2.60. The van der Waals surface area contributed by atoms with Crippen LogP contribution in [0.2, 0.25) is 0 Å². The molecule has 1 saturated heterocycles. The number of hydrogen-bond acceptors (Lipinski definition) is 3. The summed E-state index contributed by atoms with van der Waals surface area (Å²) < 4.78 is 0. The first-order valence-corrected chi connectivity index (χ1v) is 4.44. The van der Waals surface area contributed by atoms with Crippen molar-refractivity contribution in [2.75, 3.05) is 0 Å².